The molecule has 132 valence electrons. The molecule has 2 rings (SSSR count). The summed E-state index contributed by atoms with van der Waals surface area (Å²) in [6, 6.07) is 20.0. The number of nitrogens with zero attached hydrogens (tertiary/aromatic N) is 2. The van der Waals surface area contributed by atoms with Crippen molar-refractivity contribution in [1.82, 2.24) is 9.80 Å². The highest BCUT2D eigenvalue weighted by Gasteiger charge is 2.16. The fraction of sp³-hybridized carbons (Fsp3) is 0.300. The van der Waals surface area contributed by atoms with Crippen molar-refractivity contribution >= 4 is 11.9 Å². The zero-order chi connectivity index (χ0) is 18.1. The second kappa shape index (κ2) is 9.59. The number of carboxylic acids is 1. The summed E-state index contributed by atoms with van der Waals surface area (Å²) in [5.74, 6) is -0.974. The Balaban J connectivity index is 2.02. The summed E-state index contributed by atoms with van der Waals surface area (Å²) in [4.78, 5) is 26.7. The van der Waals surface area contributed by atoms with Crippen LogP contribution in [0.3, 0.4) is 0 Å². The van der Waals surface area contributed by atoms with Gasteiger partial charge in [0.25, 0.3) is 0 Å². The zero-order valence-electron chi connectivity index (χ0n) is 14.5. The van der Waals surface area contributed by atoms with E-state index in [1.165, 1.54) is 4.90 Å². The lowest BCUT2D eigenvalue weighted by Crippen LogP contribution is -2.38. The molecule has 2 aromatic rings. The number of carbonyl (C=O) groups excluding carboxylic acids is 1. The van der Waals surface area contributed by atoms with Crippen LogP contribution in [0.5, 0.6) is 0 Å². The van der Waals surface area contributed by atoms with Crippen LogP contribution >= 0.6 is 0 Å². The van der Waals surface area contributed by atoms with Gasteiger partial charge in [0.2, 0.25) is 5.91 Å². The molecule has 5 nitrogen and oxygen atoms in total. The third-order valence-electron chi connectivity index (χ3n) is 3.94. The van der Waals surface area contributed by atoms with Crippen LogP contribution in [-0.2, 0) is 22.7 Å². The van der Waals surface area contributed by atoms with E-state index in [9.17, 15) is 9.59 Å². The van der Waals surface area contributed by atoms with Gasteiger partial charge in [-0.25, -0.2) is 0 Å². The van der Waals surface area contributed by atoms with E-state index >= 15 is 0 Å². The molecule has 0 bridgehead atoms. The van der Waals surface area contributed by atoms with Gasteiger partial charge in [0.1, 0.15) is 0 Å². The first-order chi connectivity index (χ1) is 12.0. The fourth-order valence-electron chi connectivity index (χ4n) is 2.55. The van der Waals surface area contributed by atoms with Crippen LogP contribution in [0.25, 0.3) is 0 Å². The normalized spacial score (nSPS) is 10.6. The molecule has 0 saturated heterocycles. The molecular weight excluding hydrogens is 316 g/mol. The zero-order valence-corrected chi connectivity index (χ0v) is 14.5. The van der Waals surface area contributed by atoms with Crippen molar-refractivity contribution in [2.45, 2.75) is 19.5 Å². The summed E-state index contributed by atoms with van der Waals surface area (Å²) in [6.45, 7) is 1.79. The lowest BCUT2D eigenvalue weighted by atomic mass is 10.1. The van der Waals surface area contributed by atoms with Crippen molar-refractivity contribution in [3.8, 4) is 0 Å². The molecule has 0 spiro atoms. The van der Waals surface area contributed by atoms with Gasteiger partial charge in [-0.1, -0.05) is 60.7 Å². The van der Waals surface area contributed by atoms with E-state index in [1.54, 1.807) is 7.05 Å². The first kappa shape index (κ1) is 18.7. The van der Waals surface area contributed by atoms with E-state index in [-0.39, 0.29) is 25.4 Å². The fourth-order valence-corrected chi connectivity index (χ4v) is 2.55. The summed E-state index contributed by atoms with van der Waals surface area (Å²) in [6.07, 6.45) is -0.0421. The minimum Gasteiger partial charge on any atom is -0.481 e. The summed E-state index contributed by atoms with van der Waals surface area (Å²) in [7, 11) is 1.65. The third-order valence-corrected chi connectivity index (χ3v) is 3.94. The Morgan fingerprint density at radius 2 is 1.36 bits per heavy atom. The first-order valence-electron chi connectivity index (χ1n) is 8.30. The molecule has 0 aliphatic rings. The molecule has 0 aromatic heterocycles. The van der Waals surface area contributed by atoms with Crippen molar-refractivity contribution in [3.05, 3.63) is 71.8 Å². The van der Waals surface area contributed by atoms with Gasteiger partial charge < -0.3 is 10.0 Å². The number of benzene rings is 2. The molecule has 5 heteroatoms. The Hall–Kier alpha value is -2.66. The quantitative estimate of drug-likeness (QED) is 0.762. The Bertz CT molecular complexity index is 632. The van der Waals surface area contributed by atoms with Crippen LogP contribution in [0.2, 0.25) is 0 Å². The van der Waals surface area contributed by atoms with Crippen LogP contribution in [0.1, 0.15) is 17.5 Å². The minimum absolute atomic E-state index is 0.0421. The molecule has 0 fully saturated rings. The van der Waals surface area contributed by atoms with E-state index in [2.05, 4.69) is 4.90 Å². The third kappa shape index (κ3) is 6.77. The van der Waals surface area contributed by atoms with Crippen LogP contribution in [0.4, 0.5) is 0 Å². The Morgan fingerprint density at radius 1 is 0.880 bits per heavy atom. The predicted molar refractivity (Wildman–Crippen MR) is 96.9 cm³/mol. The van der Waals surface area contributed by atoms with E-state index in [0.29, 0.717) is 13.1 Å². The number of carbonyl (C=O) groups is 2. The largest absolute Gasteiger partial charge is 0.481 e. The molecule has 1 amide bonds. The van der Waals surface area contributed by atoms with Gasteiger partial charge in [-0.2, -0.15) is 0 Å². The smallest absolute Gasteiger partial charge is 0.305 e. The summed E-state index contributed by atoms with van der Waals surface area (Å²) >= 11 is 0. The van der Waals surface area contributed by atoms with Gasteiger partial charge in [0.15, 0.2) is 0 Å². The average molecular weight is 340 g/mol. The molecule has 0 aliphatic heterocycles. The van der Waals surface area contributed by atoms with E-state index in [0.717, 1.165) is 11.1 Å². The van der Waals surface area contributed by atoms with E-state index in [4.69, 9.17) is 5.11 Å². The molecule has 0 heterocycles. The van der Waals surface area contributed by atoms with Crippen molar-refractivity contribution < 1.29 is 14.7 Å². The molecule has 0 saturated carbocycles. The van der Waals surface area contributed by atoms with Crippen LogP contribution < -0.4 is 0 Å². The van der Waals surface area contributed by atoms with Gasteiger partial charge in [-0.05, 0) is 11.1 Å². The van der Waals surface area contributed by atoms with Crippen molar-refractivity contribution in [3.63, 3.8) is 0 Å². The standard InChI is InChI=1S/C20H24N2O3/c1-21(13-12-20(24)25)19(23)16-22(14-17-8-4-2-5-9-17)15-18-10-6-3-7-11-18/h2-11H,12-16H2,1H3,(H,24,25). The number of amides is 1. The van der Waals surface area contributed by atoms with Crippen LogP contribution in [0.15, 0.2) is 60.7 Å². The topological polar surface area (TPSA) is 60.9 Å². The number of carboxylic acid groups (broad SMARTS) is 1. The number of hydrogen-bond donors (Lipinski definition) is 1. The number of rotatable bonds is 9. The van der Waals surface area contributed by atoms with Crippen LogP contribution in [0, 0.1) is 0 Å². The van der Waals surface area contributed by atoms with E-state index < -0.39 is 5.97 Å². The Kier molecular flexibility index (Phi) is 7.16. The summed E-state index contributed by atoms with van der Waals surface area (Å²) in [5.41, 5.74) is 2.28. The van der Waals surface area contributed by atoms with Gasteiger partial charge in [0, 0.05) is 26.7 Å². The SMILES string of the molecule is CN(CCC(=O)O)C(=O)CN(Cc1ccccc1)Cc1ccccc1. The maximum atomic E-state index is 12.4. The number of aliphatic carboxylic acids is 1. The molecule has 25 heavy (non-hydrogen) atoms. The van der Waals surface area contributed by atoms with Gasteiger partial charge >= 0.3 is 5.97 Å². The maximum Gasteiger partial charge on any atom is 0.305 e. The molecule has 2 aromatic carbocycles. The molecule has 0 atom stereocenters. The van der Waals surface area contributed by atoms with Gasteiger partial charge in [-0.15, -0.1) is 0 Å². The monoisotopic (exact) mass is 340 g/mol. The number of likely N-dealkylation sites (N-methyl/N-ethyl adjacent to an activating group) is 1. The molecule has 1 N–H and O–H groups in total. The van der Waals surface area contributed by atoms with Gasteiger partial charge in [0.05, 0.1) is 13.0 Å². The lowest BCUT2D eigenvalue weighted by molar-refractivity contribution is -0.138. The second-order valence-electron chi connectivity index (χ2n) is 6.08. The average Bonchev–Trinajstić information content (AvgIpc) is 2.61. The van der Waals surface area contributed by atoms with Crippen molar-refractivity contribution in [2.75, 3.05) is 20.1 Å². The minimum atomic E-state index is -0.898. The highest BCUT2D eigenvalue weighted by atomic mass is 16.4. The van der Waals surface area contributed by atoms with Crippen LogP contribution in [-0.4, -0.2) is 46.9 Å². The molecular formula is C20H24N2O3. The Morgan fingerprint density at radius 3 is 1.80 bits per heavy atom. The lowest BCUT2D eigenvalue weighted by Gasteiger charge is -2.25. The van der Waals surface area contributed by atoms with E-state index in [1.807, 2.05) is 60.7 Å². The summed E-state index contributed by atoms with van der Waals surface area (Å²) < 4.78 is 0. The number of hydrogen-bond acceptors (Lipinski definition) is 3. The molecule has 0 unspecified atom stereocenters. The molecule has 0 aliphatic carbocycles. The predicted octanol–water partition coefficient (Wildman–Crippen LogP) is 2.62. The first-order valence-corrected chi connectivity index (χ1v) is 8.30. The van der Waals surface area contributed by atoms with Crippen molar-refractivity contribution in [2.24, 2.45) is 0 Å². The van der Waals surface area contributed by atoms with Gasteiger partial charge in [-0.3, -0.25) is 14.5 Å². The Labute approximate surface area is 148 Å². The highest BCUT2D eigenvalue weighted by molar-refractivity contribution is 5.78. The second-order valence-corrected chi connectivity index (χ2v) is 6.08. The highest BCUT2D eigenvalue weighted by Crippen LogP contribution is 2.10. The summed E-state index contributed by atoms with van der Waals surface area (Å²) in [5, 5.41) is 8.77. The van der Waals surface area contributed by atoms with Crippen molar-refractivity contribution in [1.29, 1.82) is 0 Å². The molecule has 0 radical (unpaired) electrons. The maximum absolute atomic E-state index is 12.4.